The number of rotatable bonds is 3. The van der Waals surface area contributed by atoms with Gasteiger partial charge in [0.1, 0.15) is 5.60 Å². The van der Waals surface area contributed by atoms with Gasteiger partial charge in [-0.05, 0) is 51.2 Å². The molecule has 1 aliphatic carbocycles. The molecule has 0 saturated heterocycles. The number of anilines is 1. The third-order valence-electron chi connectivity index (χ3n) is 3.98. The number of carbonyl (C=O) groups excluding carboxylic acids is 1. The highest BCUT2D eigenvalue weighted by Gasteiger charge is 2.37. The van der Waals surface area contributed by atoms with Crippen molar-refractivity contribution < 1.29 is 19.2 Å². The van der Waals surface area contributed by atoms with E-state index in [1.807, 2.05) is 20.8 Å². The summed E-state index contributed by atoms with van der Waals surface area (Å²) < 4.78 is 10.7. The number of ether oxygens (including phenoxy) is 1. The summed E-state index contributed by atoms with van der Waals surface area (Å²) in [5, 5.41) is 10.6. The molecule has 0 bridgehead atoms. The van der Waals surface area contributed by atoms with Gasteiger partial charge in [-0.15, -0.1) is 0 Å². The SMILES string of the molecule is CC(C)(C)OC(=O)N(CC1CC1)c1c(Cl)cc2c(c1Cl)B(O)OC2. The molecule has 24 heavy (non-hydrogen) atoms. The van der Waals surface area contributed by atoms with Crippen molar-refractivity contribution in [2.45, 2.75) is 45.8 Å². The summed E-state index contributed by atoms with van der Waals surface area (Å²) in [5.74, 6) is 0.416. The Labute approximate surface area is 152 Å². The summed E-state index contributed by atoms with van der Waals surface area (Å²) in [4.78, 5) is 14.2. The molecule has 1 aromatic rings. The number of fused-ring (bicyclic) bond motifs is 1. The van der Waals surface area contributed by atoms with E-state index >= 15 is 0 Å². The van der Waals surface area contributed by atoms with Crippen LogP contribution >= 0.6 is 23.2 Å². The highest BCUT2D eigenvalue weighted by Crippen LogP contribution is 2.39. The van der Waals surface area contributed by atoms with Crippen molar-refractivity contribution in [3.8, 4) is 0 Å². The molecule has 1 aromatic carbocycles. The van der Waals surface area contributed by atoms with Gasteiger partial charge in [-0.3, -0.25) is 4.90 Å². The lowest BCUT2D eigenvalue weighted by molar-refractivity contribution is 0.0578. The molecular formula is C16H20BCl2NO4. The molecule has 2 aliphatic rings. The van der Waals surface area contributed by atoms with Gasteiger partial charge in [-0.1, -0.05) is 23.2 Å². The molecule has 0 radical (unpaired) electrons. The lowest BCUT2D eigenvalue weighted by Gasteiger charge is -2.29. The minimum absolute atomic E-state index is 0.241. The van der Waals surface area contributed by atoms with E-state index in [9.17, 15) is 9.82 Å². The second-order valence-corrected chi connectivity index (χ2v) is 8.08. The van der Waals surface area contributed by atoms with Crippen molar-refractivity contribution in [3.05, 3.63) is 21.7 Å². The standard InChI is InChI=1S/C16H20BCl2NO4/c1-16(2,3)24-15(21)20(7-9-4-5-9)14-11(18)6-10-8-23-17(22)12(10)13(14)19/h6,9,22H,4-5,7-8H2,1-3H3. The normalized spacial score (nSPS) is 17.0. The highest BCUT2D eigenvalue weighted by molar-refractivity contribution is 6.66. The molecule has 130 valence electrons. The molecule has 1 aliphatic heterocycles. The summed E-state index contributed by atoms with van der Waals surface area (Å²) in [5.41, 5.74) is 0.956. The molecule has 1 fully saturated rings. The van der Waals surface area contributed by atoms with Gasteiger partial charge in [0.25, 0.3) is 0 Å². The number of carbonyl (C=O) groups is 1. The van der Waals surface area contributed by atoms with Gasteiger partial charge in [0.15, 0.2) is 0 Å². The van der Waals surface area contributed by atoms with Gasteiger partial charge in [0, 0.05) is 12.0 Å². The van der Waals surface area contributed by atoms with Crippen LogP contribution in [0.25, 0.3) is 0 Å². The Morgan fingerprint density at radius 2 is 2.12 bits per heavy atom. The third-order valence-corrected chi connectivity index (χ3v) is 4.65. The van der Waals surface area contributed by atoms with E-state index in [-0.39, 0.29) is 11.6 Å². The minimum atomic E-state index is -1.11. The van der Waals surface area contributed by atoms with Crippen molar-refractivity contribution in [2.24, 2.45) is 5.92 Å². The van der Waals surface area contributed by atoms with E-state index in [4.69, 9.17) is 32.6 Å². The number of nitrogens with zero attached hydrogens (tertiary/aromatic N) is 1. The van der Waals surface area contributed by atoms with E-state index in [1.165, 1.54) is 4.90 Å². The van der Waals surface area contributed by atoms with Gasteiger partial charge in [-0.2, -0.15) is 0 Å². The van der Waals surface area contributed by atoms with Crippen molar-refractivity contribution >= 4 is 47.6 Å². The van der Waals surface area contributed by atoms with Crippen LogP contribution in [0.3, 0.4) is 0 Å². The van der Waals surface area contributed by atoms with E-state index < -0.39 is 18.8 Å². The zero-order chi connectivity index (χ0) is 17.6. The fraction of sp³-hybridized carbons (Fsp3) is 0.562. The average Bonchev–Trinajstić information content (AvgIpc) is 3.18. The second kappa shape index (κ2) is 6.41. The van der Waals surface area contributed by atoms with E-state index in [2.05, 4.69) is 0 Å². The first-order valence-corrected chi connectivity index (χ1v) is 8.74. The maximum absolute atomic E-state index is 12.7. The summed E-state index contributed by atoms with van der Waals surface area (Å²) >= 11 is 12.9. The molecule has 1 saturated carbocycles. The van der Waals surface area contributed by atoms with Gasteiger partial charge >= 0.3 is 13.2 Å². The molecule has 0 aromatic heterocycles. The van der Waals surface area contributed by atoms with Crippen LogP contribution in [0.15, 0.2) is 6.07 Å². The fourth-order valence-electron chi connectivity index (χ4n) is 2.69. The number of benzene rings is 1. The first-order chi connectivity index (χ1) is 11.2. The Hall–Kier alpha value is -0.945. The van der Waals surface area contributed by atoms with Crippen molar-refractivity contribution in [1.29, 1.82) is 0 Å². The quantitative estimate of drug-likeness (QED) is 0.827. The lowest BCUT2D eigenvalue weighted by atomic mass is 9.79. The van der Waals surface area contributed by atoms with E-state index in [1.54, 1.807) is 6.07 Å². The Morgan fingerprint density at radius 1 is 1.46 bits per heavy atom. The molecule has 3 rings (SSSR count). The zero-order valence-corrected chi connectivity index (χ0v) is 15.4. The average molecular weight is 372 g/mol. The Balaban J connectivity index is 2.01. The molecule has 5 nitrogen and oxygen atoms in total. The van der Waals surface area contributed by atoms with Gasteiger partial charge in [0.05, 0.1) is 22.3 Å². The smallest absolute Gasteiger partial charge is 0.443 e. The zero-order valence-electron chi connectivity index (χ0n) is 13.9. The van der Waals surface area contributed by atoms with Crippen LogP contribution < -0.4 is 10.4 Å². The molecule has 0 unspecified atom stereocenters. The Morgan fingerprint density at radius 3 is 2.71 bits per heavy atom. The summed E-state index contributed by atoms with van der Waals surface area (Å²) in [6.45, 7) is 6.16. The predicted molar refractivity (Wildman–Crippen MR) is 95.2 cm³/mol. The van der Waals surface area contributed by atoms with Crippen LogP contribution in [0.2, 0.25) is 10.0 Å². The first-order valence-electron chi connectivity index (χ1n) is 7.98. The monoisotopic (exact) mass is 371 g/mol. The van der Waals surface area contributed by atoms with Crippen LogP contribution in [0.5, 0.6) is 0 Å². The van der Waals surface area contributed by atoms with E-state index in [0.29, 0.717) is 28.6 Å². The highest BCUT2D eigenvalue weighted by atomic mass is 35.5. The van der Waals surface area contributed by atoms with Gasteiger partial charge < -0.3 is 14.4 Å². The first kappa shape index (κ1) is 17.9. The number of hydrogen-bond acceptors (Lipinski definition) is 4. The molecule has 1 amide bonds. The third kappa shape index (κ3) is 3.67. The topological polar surface area (TPSA) is 59.0 Å². The van der Waals surface area contributed by atoms with Gasteiger partial charge in [0.2, 0.25) is 0 Å². The van der Waals surface area contributed by atoms with Crippen LogP contribution in [-0.4, -0.2) is 30.4 Å². The molecular weight excluding hydrogens is 352 g/mol. The molecule has 8 heteroatoms. The van der Waals surface area contributed by atoms with Crippen LogP contribution in [0, 0.1) is 5.92 Å². The summed E-state index contributed by atoms with van der Waals surface area (Å²) in [6, 6.07) is 1.69. The predicted octanol–water partition coefficient (Wildman–Crippen LogP) is 3.36. The maximum Gasteiger partial charge on any atom is 0.493 e. The Bertz CT molecular complexity index is 673. The minimum Gasteiger partial charge on any atom is -0.443 e. The van der Waals surface area contributed by atoms with Crippen molar-refractivity contribution in [1.82, 2.24) is 0 Å². The van der Waals surface area contributed by atoms with Crippen LogP contribution in [0.1, 0.15) is 39.2 Å². The second-order valence-electron chi connectivity index (χ2n) is 7.29. The Kier molecular flexibility index (Phi) is 4.77. The lowest BCUT2D eigenvalue weighted by Crippen LogP contribution is -2.40. The summed E-state index contributed by atoms with van der Waals surface area (Å²) in [7, 11) is -1.11. The largest absolute Gasteiger partial charge is 0.493 e. The molecule has 1 heterocycles. The maximum atomic E-state index is 12.7. The summed E-state index contributed by atoms with van der Waals surface area (Å²) in [6.07, 6.45) is 1.63. The van der Waals surface area contributed by atoms with Crippen LogP contribution in [-0.2, 0) is 16.0 Å². The van der Waals surface area contributed by atoms with Crippen molar-refractivity contribution in [2.75, 3.05) is 11.4 Å². The van der Waals surface area contributed by atoms with Crippen LogP contribution in [0.4, 0.5) is 10.5 Å². The number of hydrogen-bond donors (Lipinski definition) is 1. The molecule has 0 spiro atoms. The number of halogens is 2. The van der Waals surface area contributed by atoms with Gasteiger partial charge in [-0.25, -0.2) is 4.79 Å². The fourth-order valence-corrected chi connectivity index (χ4v) is 3.49. The van der Waals surface area contributed by atoms with E-state index in [0.717, 1.165) is 18.4 Å². The van der Waals surface area contributed by atoms with Crippen molar-refractivity contribution in [3.63, 3.8) is 0 Å². The molecule has 0 atom stereocenters. The molecule has 1 N–H and O–H groups in total. The number of amides is 1.